The van der Waals surface area contributed by atoms with Gasteiger partial charge in [-0.25, -0.2) is 8.42 Å². The van der Waals surface area contributed by atoms with Crippen LogP contribution in [0.5, 0.6) is 5.75 Å². The van der Waals surface area contributed by atoms with Crippen LogP contribution in [0.15, 0.2) is 46.7 Å². The van der Waals surface area contributed by atoms with Gasteiger partial charge < -0.3 is 10.4 Å². The number of sulfonamides is 1. The second-order valence-corrected chi connectivity index (χ2v) is 9.27. The summed E-state index contributed by atoms with van der Waals surface area (Å²) in [4.78, 5) is 13.5. The molecule has 10 heteroatoms. The van der Waals surface area contributed by atoms with Crippen LogP contribution in [0.1, 0.15) is 23.3 Å². The monoisotopic (exact) mass is 418 g/mol. The first-order valence-electron chi connectivity index (χ1n) is 8.69. The molecule has 0 radical (unpaired) electrons. The van der Waals surface area contributed by atoms with Gasteiger partial charge in [0.1, 0.15) is 5.75 Å². The average Bonchev–Trinajstić information content (AvgIpc) is 3.43. The Kier molecular flexibility index (Phi) is 4.92. The van der Waals surface area contributed by atoms with Crippen LogP contribution < -0.4 is 5.32 Å². The van der Waals surface area contributed by atoms with Crippen LogP contribution in [-0.4, -0.2) is 47.0 Å². The molecule has 4 rings (SSSR count). The van der Waals surface area contributed by atoms with E-state index >= 15 is 0 Å². The molecule has 8 nitrogen and oxygen atoms in total. The molecule has 146 valence electrons. The van der Waals surface area contributed by atoms with Crippen LogP contribution >= 0.6 is 11.3 Å². The average molecular weight is 418 g/mol. The second-order valence-electron chi connectivity index (χ2n) is 6.39. The first-order chi connectivity index (χ1) is 13.4. The smallest absolute Gasteiger partial charge is 0.276 e. The van der Waals surface area contributed by atoms with E-state index in [0.717, 1.165) is 17.7 Å². The van der Waals surface area contributed by atoms with Gasteiger partial charge in [0, 0.05) is 13.1 Å². The van der Waals surface area contributed by atoms with Crippen LogP contribution in [0, 0.1) is 0 Å². The van der Waals surface area contributed by atoms with E-state index in [2.05, 4.69) is 15.5 Å². The van der Waals surface area contributed by atoms with Gasteiger partial charge in [-0.3, -0.25) is 9.89 Å². The molecule has 0 bridgehead atoms. The third-order valence-corrected chi connectivity index (χ3v) is 7.31. The molecule has 3 heterocycles. The Hall–Kier alpha value is -2.69. The van der Waals surface area contributed by atoms with Crippen molar-refractivity contribution in [1.82, 2.24) is 14.5 Å². The Morgan fingerprint density at radius 1 is 1.21 bits per heavy atom. The van der Waals surface area contributed by atoms with Crippen molar-refractivity contribution in [1.29, 1.82) is 0 Å². The van der Waals surface area contributed by atoms with Crippen molar-refractivity contribution >= 4 is 33.0 Å². The molecule has 1 aliphatic rings. The summed E-state index contributed by atoms with van der Waals surface area (Å²) in [6.45, 7) is 0.952. The maximum absolute atomic E-state index is 12.7. The SMILES string of the molecule is O=C(Nc1cc(S(=O)(=O)N2CCCC2)ccc1O)c1cc(-c2cccs2)[nH]n1. The second kappa shape index (κ2) is 7.38. The minimum absolute atomic E-state index is 0.0194. The summed E-state index contributed by atoms with van der Waals surface area (Å²) in [7, 11) is -3.65. The van der Waals surface area contributed by atoms with Gasteiger partial charge in [0.2, 0.25) is 10.0 Å². The predicted molar refractivity (Wildman–Crippen MR) is 106 cm³/mol. The van der Waals surface area contributed by atoms with Gasteiger partial charge in [0.15, 0.2) is 5.69 Å². The van der Waals surface area contributed by atoms with Crippen molar-refractivity contribution in [3.05, 3.63) is 47.5 Å². The summed E-state index contributed by atoms with van der Waals surface area (Å²) < 4.78 is 26.8. The van der Waals surface area contributed by atoms with Crippen molar-refractivity contribution in [3.63, 3.8) is 0 Å². The van der Waals surface area contributed by atoms with Crippen molar-refractivity contribution in [3.8, 4) is 16.3 Å². The van der Waals surface area contributed by atoms with Crippen LogP contribution in [0.2, 0.25) is 0 Å². The lowest BCUT2D eigenvalue weighted by molar-refractivity contribution is 0.102. The normalized spacial score (nSPS) is 15.0. The van der Waals surface area contributed by atoms with Crippen molar-refractivity contribution in [2.75, 3.05) is 18.4 Å². The number of aromatic hydroxyl groups is 1. The molecule has 0 aliphatic carbocycles. The highest BCUT2D eigenvalue weighted by molar-refractivity contribution is 7.89. The molecule has 1 amide bonds. The number of hydrogen-bond acceptors (Lipinski definition) is 6. The van der Waals surface area contributed by atoms with E-state index in [9.17, 15) is 18.3 Å². The lowest BCUT2D eigenvalue weighted by atomic mass is 10.2. The van der Waals surface area contributed by atoms with Crippen molar-refractivity contribution in [2.45, 2.75) is 17.7 Å². The van der Waals surface area contributed by atoms with Gasteiger partial charge in [0.25, 0.3) is 5.91 Å². The maximum atomic E-state index is 12.7. The predicted octanol–water partition coefficient (Wildman–Crippen LogP) is 2.88. The fourth-order valence-electron chi connectivity index (χ4n) is 3.04. The summed E-state index contributed by atoms with van der Waals surface area (Å²) in [6.07, 6.45) is 1.65. The number of H-pyrrole nitrogens is 1. The summed E-state index contributed by atoms with van der Waals surface area (Å²) in [5.74, 6) is -0.771. The van der Waals surface area contributed by atoms with Crippen molar-refractivity contribution < 1.29 is 18.3 Å². The number of nitrogens with zero attached hydrogens (tertiary/aromatic N) is 2. The number of aromatic amines is 1. The van der Waals surface area contributed by atoms with Crippen LogP contribution in [0.25, 0.3) is 10.6 Å². The number of anilines is 1. The number of rotatable bonds is 5. The molecule has 1 aliphatic heterocycles. The number of nitrogens with one attached hydrogen (secondary N) is 2. The van der Waals surface area contributed by atoms with E-state index in [1.165, 1.54) is 33.8 Å². The highest BCUT2D eigenvalue weighted by Crippen LogP contribution is 2.30. The number of phenols is 1. The van der Waals surface area contributed by atoms with Gasteiger partial charge in [-0.2, -0.15) is 9.40 Å². The van der Waals surface area contributed by atoms with E-state index in [-0.39, 0.29) is 22.0 Å². The Morgan fingerprint density at radius 3 is 2.71 bits per heavy atom. The van der Waals surface area contributed by atoms with Crippen LogP contribution in [-0.2, 0) is 10.0 Å². The molecule has 28 heavy (non-hydrogen) atoms. The van der Waals surface area contributed by atoms with Crippen LogP contribution in [0.3, 0.4) is 0 Å². The highest BCUT2D eigenvalue weighted by Gasteiger charge is 2.28. The number of hydrogen-bond donors (Lipinski definition) is 3. The number of carbonyl (C=O) groups is 1. The Balaban J connectivity index is 1.57. The Morgan fingerprint density at radius 2 is 2.00 bits per heavy atom. The molecule has 2 aromatic heterocycles. The number of phenolic OH excluding ortho intramolecular Hbond substituents is 1. The first kappa shape index (κ1) is 18.7. The zero-order valence-corrected chi connectivity index (χ0v) is 16.4. The zero-order chi connectivity index (χ0) is 19.7. The molecule has 1 saturated heterocycles. The molecule has 3 aromatic rings. The van der Waals surface area contributed by atoms with Gasteiger partial charge in [0.05, 0.1) is 21.2 Å². The van der Waals surface area contributed by atoms with Gasteiger partial charge in [-0.15, -0.1) is 11.3 Å². The number of thiophene rings is 1. The van der Waals surface area contributed by atoms with Gasteiger partial charge in [-0.05, 0) is 48.6 Å². The fourth-order valence-corrected chi connectivity index (χ4v) is 5.27. The van der Waals surface area contributed by atoms with E-state index in [1.54, 1.807) is 6.07 Å². The lowest BCUT2D eigenvalue weighted by Crippen LogP contribution is -2.28. The Bertz CT molecular complexity index is 1100. The molecule has 3 N–H and O–H groups in total. The highest BCUT2D eigenvalue weighted by atomic mass is 32.2. The molecule has 0 atom stereocenters. The zero-order valence-electron chi connectivity index (χ0n) is 14.8. The topological polar surface area (TPSA) is 115 Å². The minimum Gasteiger partial charge on any atom is -0.506 e. The molecular formula is C18H18N4O4S2. The number of aromatic nitrogens is 2. The molecule has 1 fully saturated rings. The maximum Gasteiger partial charge on any atom is 0.276 e. The number of benzene rings is 1. The molecular weight excluding hydrogens is 400 g/mol. The van der Waals surface area contributed by atoms with Gasteiger partial charge in [-0.1, -0.05) is 6.07 Å². The number of carbonyl (C=O) groups excluding carboxylic acids is 1. The molecule has 1 aromatic carbocycles. The number of amides is 1. The third kappa shape index (κ3) is 3.53. The summed E-state index contributed by atoms with van der Waals surface area (Å²) in [5, 5.41) is 21.3. The largest absolute Gasteiger partial charge is 0.506 e. The first-order valence-corrected chi connectivity index (χ1v) is 11.0. The summed E-state index contributed by atoms with van der Waals surface area (Å²) >= 11 is 1.51. The lowest BCUT2D eigenvalue weighted by Gasteiger charge is -2.16. The minimum atomic E-state index is -3.65. The fraction of sp³-hybridized carbons (Fsp3) is 0.222. The van der Waals surface area contributed by atoms with Crippen LogP contribution in [0.4, 0.5) is 5.69 Å². The Labute approximate surface area is 165 Å². The van der Waals surface area contributed by atoms with E-state index < -0.39 is 15.9 Å². The molecule has 0 saturated carbocycles. The van der Waals surface area contributed by atoms with E-state index in [4.69, 9.17) is 0 Å². The van der Waals surface area contributed by atoms with E-state index in [0.29, 0.717) is 18.8 Å². The van der Waals surface area contributed by atoms with Crippen molar-refractivity contribution in [2.24, 2.45) is 0 Å². The van der Waals surface area contributed by atoms with Gasteiger partial charge >= 0.3 is 0 Å². The molecule has 0 unspecified atom stereocenters. The third-order valence-electron chi connectivity index (χ3n) is 4.52. The van der Waals surface area contributed by atoms with E-state index in [1.807, 2.05) is 17.5 Å². The quantitative estimate of drug-likeness (QED) is 0.551. The summed E-state index contributed by atoms with van der Waals surface area (Å²) in [5.41, 5.74) is 0.858. The molecule has 0 spiro atoms. The standard InChI is InChI=1S/C18H18N4O4S2/c23-16-6-5-12(28(25,26)22-7-1-2-8-22)10-13(16)19-18(24)15-11-14(20-21-15)17-4-3-9-27-17/h3-6,9-11,23H,1-2,7-8H2,(H,19,24)(H,20,21). The summed E-state index contributed by atoms with van der Waals surface area (Å²) in [6, 6.07) is 9.27.